The second-order valence-corrected chi connectivity index (χ2v) is 5.04. The maximum Gasteiger partial charge on any atom is 0.118 e. The normalized spacial score (nSPS) is 12.4. The molecule has 0 saturated heterocycles. The largest absolute Gasteiger partial charge is 0.465 e. The summed E-state index contributed by atoms with van der Waals surface area (Å²) >= 11 is 0. The summed E-state index contributed by atoms with van der Waals surface area (Å²) in [4.78, 5) is 2.22. The Morgan fingerprint density at radius 3 is 2.50 bits per heavy atom. The van der Waals surface area contributed by atoms with E-state index < -0.39 is 5.60 Å². The van der Waals surface area contributed by atoms with Crippen LogP contribution in [0.15, 0.2) is 16.5 Å². The molecule has 0 atom stereocenters. The van der Waals surface area contributed by atoms with E-state index in [9.17, 15) is 5.11 Å². The fourth-order valence-corrected chi connectivity index (χ4v) is 1.87. The standard InChI is InChI=1S/C13H23NO2/c1-5-8-14(10-13(3,4)15)9-12-7-6-11(2)16-12/h6-7,15H,5,8-10H2,1-4H3. The minimum absolute atomic E-state index is 0.656. The van der Waals surface area contributed by atoms with Gasteiger partial charge in [0.25, 0.3) is 0 Å². The van der Waals surface area contributed by atoms with Crippen LogP contribution in [0.2, 0.25) is 0 Å². The highest BCUT2D eigenvalue weighted by molar-refractivity contribution is 5.05. The first-order valence-corrected chi connectivity index (χ1v) is 5.91. The van der Waals surface area contributed by atoms with Crippen molar-refractivity contribution in [2.24, 2.45) is 0 Å². The van der Waals surface area contributed by atoms with Gasteiger partial charge in [0.05, 0.1) is 12.1 Å². The Bertz CT molecular complexity index is 312. The van der Waals surface area contributed by atoms with Crippen LogP contribution in [0.1, 0.15) is 38.7 Å². The molecular weight excluding hydrogens is 202 g/mol. The number of rotatable bonds is 6. The van der Waals surface area contributed by atoms with Gasteiger partial charge in [0.15, 0.2) is 0 Å². The molecule has 0 saturated carbocycles. The van der Waals surface area contributed by atoms with Crippen LogP contribution in [0.5, 0.6) is 0 Å². The van der Waals surface area contributed by atoms with Gasteiger partial charge in [0.1, 0.15) is 11.5 Å². The molecule has 0 aliphatic rings. The van der Waals surface area contributed by atoms with Gasteiger partial charge in [-0.25, -0.2) is 0 Å². The topological polar surface area (TPSA) is 36.6 Å². The minimum atomic E-state index is -0.656. The molecule has 1 aromatic heterocycles. The lowest BCUT2D eigenvalue weighted by Crippen LogP contribution is -2.38. The molecule has 1 heterocycles. The van der Waals surface area contributed by atoms with Gasteiger partial charge in [0, 0.05) is 6.54 Å². The second-order valence-electron chi connectivity index (χ2n) is 5.04. The van der Waals surface area contributed by atoms with Crippen molar-refractivity contribution >= 4 is 0 Å². The van der Waals surface area contributed by atoms with Crippen molar-refractivity contribution < 1.29 is 9.52 Å². The molecule has 92 valence electrons. The van der Waals surface area contributed by atoms with Crippen LogP contribution < -0.4 is 0 Å². The van der Waals surface area contributed by atoms with E-state index in [0.717, 1.165) is 31.0 Å². The van der Waals surface area contributed by atoms with Crippen LogP contribution in [0.3, 0.4) is 0 Å². The van der Waals surface area contributed by atoms with Crippen molar-refractivity contribution in [2.75, 3.05) is 13.1 Å². The Morgan fingerprint density at radius 2 is 2.06 bits per heavy atom. The number of aryl methyl sites for hydroxylation is 1. The number of aliphatic hydroxyl groups is 1. The van der Waals surface area contributed by atoms with Gasteiger partial charge in [0.2, 0.25) is 0 Å². The average molecular weight is 225 g/mol. The molecule has 0 aromatic carbocycles. The van der Waals surface area contributed by atoms with E-state index in [2.05, 4.69) is 11.8 Å². The highest BCUT2D eigenvalue weighted by Gasteiger charge is 2.18. The van der Waals surface area contributed by atoms with Crippen molar-refractivity contribution in [1.29, 1.82) is 0 Å². The lowest BCUT2D eigenvalue weighted by Gasteiger charge is -2.27. The van der Waals surface area contributed by atoms with Gasteiger partial charge in [-0.2, -0.15) is 0 Å². The molecule has 16 heavy (non-hydrogen) atoms. The number of furan rings is 1. The Hall–Kier alpha value is -0.800. The zero-order valence-electron chi connectivity index (χ0n) is 10.8. The maximum atomic E-state index is 9.83. The first kappa shape index (κ1) is 13.3. The second kappa shape index (κ2) is 5.51. The van der Waals surface area contributed by atoms with E-state index in [1.165, 1.54) is 0 Å². The zero-order valence-corrected chi connectivity index (χ0v) is 10.8. The van der Waals surface area contributed by atoms with Gasteiger partial charge in [-0.1, -0.05) is 6.92 Å². The molecule has 0 amide bonds. The number of hydrogen-bond donors (Lipinski definition) is 1. The van der Waals surface area contributed by atoms with Gasteiger partial charge in [-0.05, 0) is 45.9 Å². The molecule has 0 fully saturated rings. The molecule has 1 rings (SSSR count). The third-order valence-corrected chi connectivity index (χ3v) is 2.33. The van der Waals surface area contributed by atoms with Gasteiger partial charge in [-0.15, -0.1) is 0 Å². The molecule has 1 N–H and O–H groups in total. The predicted molar refractivity (Wildman–Crippen MR) is 65.3 cm³/mol. The first-order chi connectivity index (χ1) is 7.40. The molecule has 0 bridgehead atoms. The van der Waals surface area contributed by atoms with E-state index in [-0.39, 0.29) is 0 Å². The predicted octanol–water partition coefficient (Wildman–Crippen LogP) is 2.57. The van der Waals surface area contributed by atoms with Crippen molar-refractivity contribution in [3.05, 3.63) is 23.7 Å². The van der Waals surface area contributed by atoms with E-state index in [1.807, 2.05) is 32.9 Å². The van der Waals surface area contributed by atoms with Crippen molar-refractivity contribution in [2.45, 2.75) is 46.3 Å². The van der Waals surface area contributed by atoms with Gasteiger partial charge in [-0.3, -0.25) is 4.90 Å². The van der Waals surface area contributed by atoms with Crippen molar-refractivity contribution in [3.8, 4) is 0 Å². The summed E-state index contributed by atoms with van der Waals surface area (Å²) in [5.41, 5.74) is -0.656. The zero-order chi connectivity index (χ0) is 12.2. The van der Waals surface area contributed by atoms with Crippen LogP contribution >= 0.6 is 0 Å². The quantitative estimate of drug-likeness (QED) is 0.808. The summed E-state index contributed by atoms with van der Waals surface area (Å²) in [7, 11) is 0. The smallest absolute Gasteiger partial charge is 0.118 e. The highest BCUT2D eigenvalue weighted by Crippen LogP contribution is 2.13. The third-order valence-electron chi connectivity index (χ3n) is 2.33. The fraction of sp³-hybridized carbons (Fsp3) is 0.692. The molecule has 0 aliphatic carbocycles. The molecule has 0 radical (unpaired) electrons. The summed E-state index contributed by atoms with van der Waals surface area (Å²) in [6, 6.07) is 3.98. The van der Waals surface area contributed by atoms with E-state index in [0.29, 0.717) is 6.54 Å². The van der Waals surface area contributed by atoms with E-state index in [1.54, 1.807) is 0 Å². The maximum absolute atomic E-state index is 9.83. The summed E-state index contributed by atoms with van der Waals surface area (Å²) in [6.45, 7) is 10.2. The highest BCUT2D eigenvalue weighted by atomic mass is 16.3. The van der Waals surface area contributed by atoms with Crippen LogP contribution in [0.25, 0.3) is 0 Å². The average Bonchev–Trinajstić information content (AvgIpc) is 2.48. The molecule has 3 heteroatoms. The van der Waals surface area contributed by atoms with E-state index in [4.69, 9.17) is 4.42 Å². The Kier molecular flexibility index (Phi) is 4.56. The van der Waals surface area contributed by atoms with Crippen LogP contribution in [-0.2, 0) is 6.54 Å². The third kappa shape index (κ3) is 4.81. The Labute approximate surface area is 98.1 Å². The van der Waals surface area contributed by atoms with Crippen molar-refractivity contribution in [3.63, 3.8) is 0 Å². The first-order valence-electron chi connectivity index (χ1n) is 5.91. The molecule has 0 spiro atoms. The van der Waals surface area contributed by atoms with Gasteiger partial charge < -0.3 is 9.52 Å². The van der Waals surface area contributed by atoms with Gasteiger partial charge >= 0.3 is 0 Å². The molecule has 3 nitrogen and oxygen atoms in total. The van der Waals surface area contributed by atoms with Crippen LogP contribution in [0.4, 0.5) is 0 Å². The van der Waals surface area contributed by atoms with Crippen molar-refractivity contribution in [1.82, 2.24) is 4.90 Å². The monoisotopic (exact) mass is 225 g/mol. The fourth-order valence-electron chi connectivity index (χ4n) is 1.87. The minimum Gasteiger partial charge on any atom is -0.465 e. The lowest BCUT2D eigenvalue weighted by molar-refractivity contribution is 0.0314. The van der Waals surface area contributed by atoms with Crippen LogP contribution in [0, 0.1) is 6.92 Å². The molecular formula is C13H23NO2. The summed E-state index contributed by atoms with van der Waals surface area (Å²) in [5.74, 6) is 1.91. The summed E-state index contributed by atoms with van der Waals surface area (Å²) < 4.78 is 5.55. The summed E-state index contributed by atoms with van der Waals surface area (Å²) in [6.07, 6.45) is 1.08. The number of nitrogens with zero attached hydrogens (tertiary/aromatic N) is 1. The number of hydrogen-bond acceptors (Lipinski definition) is 3. The van der Waals surface area contributed by atoms with E-state index >= 15 is 0 Å². The molecule has 0 aliphatic heterocycles. The Morgan fingerprint density at radius 1 is 1.38 bits per heavy atom. The SMILES string of the molecule is CCCN(Cc1ccc(C)o1)CC(C)(C)O. The lowest BCUT2D eigenvalue weighted by atomic mass is 10.1. The van der Waals surface area contributed by atoms with Crippen LogP contribution in [-0.4, -0.2) is 28.7 Å². The molecule has 0 unspecified atom stereocenters. The Balaban J connectivity index is 2.57. The summed E-state index contributed by atoms with van der Waals surface area (Å²) in [5, 5.41) is 9.83. The molecule has 1 aromatic rings.